The fourth-order valence-electron chi connectivity index (χ4n) is 2.34. The van der Waals surface area contributed by atoms with Gasteiger partial charge in [-0.1, -0.05) is 22.0 Å². The molecule has 2 N–H and O–H groups in total. The highest BCUT2D eigenvalue weighted by Gasteiger charge is 2.16. The number of hydrogen-bond donors (Lipinski definition) is 2. The van der Waals surface area contributed by atoms with Crippen LogP contribution in [0.15, 0.2) is 74.6 Å². The second-order valence-corrected chi connectivity index (χ2v) is 8.53. The molecule has 0 spiro atoms. The van der Waals surface area contributed by atoms with Gasteiger partial charge >= 0.3 is 0 Å². The minimum atomic E-state index is -3.81. The van der Waals surface area contributed by atoms with Crippen LogP contribution in [0.5, 0.6) is 5.75 Å². The lowest BCUT2D eigenvalue weighted by Gasteiger charge is -2.10. The maximum atomic E-state index is 13.7. The first-order chi connectivity index (χ1) is 13.8. The molecule has 2 aromatic carbocycles. The molecular formula is C19H16BrFN2O5S. The Balaban J connectivity index is 1.60. The monoisotopic (exact) mass is 482 g/mol. The van der Waals surface area contributed by atoms with E-state index >= 15 is 0 Å². The molecule has 0 atom stereocenters. The summed E-state index contributed by atoms with van der Waals surface area (Å²) in [6.45, 7) is -0.440. The Hall–Kier alpha value is -2.69. The lowest BCUT2D eigenvalue weighted by molar-refractivity contribution is -0.118. The van der Waals surface area contributed by atoms with Crippen molar-refractivity contribution in [2.24, 2.45) is 0 Å². The van der Waals surface area contributed by atoms with Crippen LogP contribution in [0.2, 0.25) is 0 Å². The van der Waals surface area contributed by atoms with E-state index in [9.17, 15) is 17.6 Å². The first-order valence-corrected chi connectivity index (χ1v) is 10.6. The van der Waals surface area contributed by atoms with Crippen molar-refractivity contribution < 1.29 is 26.8 Å². The van der Waals surface area contributed by atoms with Crippen LogP contribution in [-0.2, 0) is 21.4 Å². The molecule has 1 aromatic heterocycles. The summed E-state index contributed by atoms with van der Waals surface area (Å²) in [6, 6.07) is 13.2. The van der Waals surface area contributed by atoms with Crippen molar-refractivity contribution in [1.82, 2.24) is 4.72 Å². The third-order valence-corrected chi connectivity index (χ3v) is 5.59. The van der Waals surface area contributed by atoms with Crippen LogP contribution in [0.25, 0.3) is 0 Å². The highest BCUT2D eigenvalue weighted by Crippen LogP contribution is 2.21. The Bertz CT molecular complexity index is 1100. The molecule has 3 rings (SSSR count). The van der Waals surface area contributed by atoms with Crippen LogP contribution >= 0.6 is 15.9 Å². The van der Waals surface area contributed by atoms with Crippen molar-refractivity contribution in [3.8, 4) is 5.75 Å². The van der Waals surface area contributed by atoms with E-state index < -0.39 is 28.4 Å². The average Bonchev–Trinajstić information content (AvgIpc) is 3.20. The van der Waals surface area contributed by atoms with Crippen molar-refractivity contribution in [2.45, 2.75) is 11.4 Å². The summed E-state index contributed by atoms with van der Waals surface area (Å²) in [4.78, 5) is 12.0. The number of furan rings is 1. The number of carbonyl (C=O) groups excluding carboxylic acids is 1. The second-order valence-electron chi connectivity index (χ2n) is 5.84. The van der Waals surface area contributed by atoms with Crippen LogP contribution in [0.1, 0.15) is 5.76 Å². The summed E-state index contributed by atoms with van der Waals surface area (Å²) >= 11 is 3.13. The number of amides is 1. The predicted octanol–water partition coefficient (Wildman–Crippen LogP) is 3.68. The molecule has 0 bridgehead atoms. The molecule has 3 aromatic rings. The molecule has 0 aliphatic heterocycles. The Labute approximate surface area is 175 Å². The molecule has 7 nitrogen and oxygen atoms in total. The Morgan fingerprint density at radius 2 is 1.97 bits per heavy atom. The van der Waals surface area contributed by atoms with Gasteiger partial charge in [0.05, 0.1) is 17.7 Å². The summed E-state index contributed by atoms with van der Waals surface area (Å²) in [7, 11) is -3.81. The Morgan fingerprint density at radius 3 is 2.69 bits per heavy atom. The molecule has 0 saturated carbocycles. The van der Waals surface area contributed by atoms with Gasteiger partial charge in [0.25, 0.3) is 5.91 Å². The highest BCUT2D eigenvalue weighted by atomic mass is 79.9. The van der Waals surface area contributed by atoms with Crippen LogP contribution in [0.4, 0.5) is 10.1 Å². The van der Waals surface area contributed by atoms with E-state index in [1.54, 1.807) is 18.2 Å². The van der Waals surface area contributed by atoms with E-state index in [2.05, 4.69) is 26.0 Å². The minimum absolute atomic E-state index is 0.00147. The van der Waals surface area contributed by atoms with E-state index in [0.29, 0.717) is 10.2 Å². The van der Waals surface area contributed by atoms with E-state index in [1.807, 2.05) is 0 Å². The smallest absolute Gasteiger partial charge is 0.262 e. The van der Waals surface area contributed by atoms with Crippen LogP contribution in [0, 0.1) is 5.82 Å². The average molecular weight is 483 g/mol. The number of carbonyl (C=O) groups is 1. The molecule has 1 amide bonds. The van der Waals surface area contributed by atoms with Gasteiger partial charge in [0.2, 0.25) is 10.0 Å². The van der Waals surface area contributed by atoms with Gasteiger partial charge in [-0.3, -0.25) is 4.79 Å². The summed E-state index contributed by atoms with van der Waals surface area (Å²) < 4.78 is 51.7. The summed E-state index contributed by atoms with van der Waals surface area (Å²) in [5.41, 5.74) is 0.260. The molecule has 0 unspecified atom stereocenters. The molecule has 29 heavy (non-hydrogen) atoms. The number of ether oxygens (including phenoxy) is 1. The molecule has 0 aliphatic rings. The molecular weight excluding hydrogens is 467 g/mol. The second kappa shape index (κ2) is 9.21. The van der Waals surface area contributed by atoms with Crippen molar-refractivity contribution in [3.63, 3.8) is 0 Å². The Morgan fingerprint density at radius 1 is 1.14 bits per heavy atom. The van der Waals surface area contributed by atoms with E-state index in [-0.39, 0.29) is 22.9 Å². The third-order valence-electron chi connectivity index (χ3n) is 3.70. The van der Waals surface area contributed by atoms with Gasteiger partial charge in [0, 0.05) is 10.2 Å². The van der Waals surface area contributed by atoms with Crippen molar-refractivity contribution in [1.29, 1.82) is 0 Å². The quantitative estimate of drug-likeness (QED) is 0.510. The number of hydrogen-bond acceptors (Lipinski definition) is 5. The van der Waals surface area contributed by atoms with Crippen molar-refractivity contribution in [2.75, 3.05) is 11.9 Å². The molecule has 0 fully saturated rings. The zero-order chi connectivity index (χ0) is 20.9. The van der Waals surface area contributed by atoms with Gasteiger partial charge in [-0.2, -0.15) is 0 Å². The summed E-state index contributed by atoms with van der Waals surface area (Å²) in [6.07, 6.45) is 1.45. The number of sulfonamides is 1. The van der Waals surface area contributed by atoms with Gasteiger partial charge in [-0.15, -0.1) is 0 Å². The van der Waals surface area contributed by atoms with E-state index in [1.165, 1.54) is 42.7 Å². The SMILES string of the molecule is O=C(COc1ccc(Br)cc1F)Nc1cccc(S(=O)(=O)NCc2ccco2)c1. The molecule has 1 heterocycles. The highest BCUT2D eigenvalue weighted by molar-refractivity contribution is 9.10. The van der Waals surface area contributed by atoms with Crippen LogP contribution in [0.3, 0.4) is 0 Å². The molecule has 0 aliphatic carbocycles. The topological polar surface area (TPSA) is 97.6 Å². The number of rotatable bonds is 8. The fourth-order valence-corrected chi connectivity index (χ4v) is 3.71. The van der Waals surface area contributed by atoms with Gasteiger partial charge in [0.15, 0.2) is 18.2 Å². The van der Waals surface area contributed by atoms with Gasteiger partial charge < -0.3 is 14.5 Å². The van der Waals surface area contributed by atoms with E-state index in [4.69, 9.17) is 9.15 Å². The fraction of sp³-hybridized carbons (Fsp3) is 0.105. The maximum absolute atomic E-state index is 13.7. The zero-order valence-corrected chi connectivity index (χ0v) is 17.3. The predicted molar refractivity (Wildman–Crippen MR) is 107 cm³/mol. The minimum Gasteiger partial charge on any atom is -0.481 e. The van der Waals surface area contributed by atoms with Crippen molar-refractivity contribution >= 4 is 37.5 Å². The first-order valence-electron chi connectivity index (χ1n) is 8.33. The standard InChI is InChI=1S/C19H16BrFN2O5S/c20-13-6-7-18(17(21)9-13)28-12-19(24)23-14-3-1-5-16(10-14)29(25,26)22-11-15-4-2-8-27-15/h1-10,22H,11-12H2,(H,23,24). The Kier molecular flexibility index (Phi) is 6.68. The summed E-state index contributed by atoms with van der Waals surface area (Å²) in [5.74, 6) is -0.773. The number of anilines is 1. The lowest BCUT2D eigenvalue weighted by Crippen LogP contribution is -2.24. The zero-order valence-electron chi connectivity index (χ0n) is 14.9. The maximum Gasteiger partial charge on any atom is 0.262 e. The summed E-state index contributed by atoms with van der Waals surface area (Å²) in [5, 5.41) is 2.52. The van der Waals surface area contributed by atoms with Gasteiger partial charge in [-0.05, 0) is 48.5 Å². The molecule has 0 radical (unpaired) electrons. The number of nitrogens with one attached hydrogen (secondary N) is 2. The molecule has 152 valence electrons. The number of benzene rings is 2. The molecule has 10 heteroatoms. The molecule has 0 saturated heterocycles. The largest absolute Gasteiger partial charge is 0.481 e. The van der Waals surface area contributed by atoms with Crippen LogP contribution in [-0.4, -0.2) is 20.9 Å². The van der Waals surface area contributed by atoms with Crippen molar-refractivity contribution in [3.05, 3.63) is 76.9 Å². The number of halogens is 2. The van der Waals surface area contributed by atoms with Gasteiger partial charge in [0.1, 0.15) is 5.76 Å². The lowest BCUT2D eigenvalue weighted by atomic mass is 10.3. The van der Waals surface area contributed by atoms with Crippen LogP contribution < -0.4 is 14.8 Å². The third kappa shape index (κ3) is 5.89. The van der Waals surface area contributed by atoms with Gasteiger partial charge in [-0.25, -0.2) is 17.5 Å². The first kappa shape index (κ1) is 21.0. The van der Waals surface area contributed by atoms with E-state index in [0.717, 1.165) is 0 Å². The normalized spacial score (nSPS) is 11.2.